The molecule has 0 amide bonds. The van der Waals surface area contributed by atoms with Crippen LogP contribution in [0.15, 0.2) is 0 Å². The van der Waals surface area contributed by atoms with Crippen LogP contribution in [0, 0.1) is 63.2 Å². The molecule has 0 aromatic heterocycles. The Bertz CT molecular complexity index is 166. The standard InChI is InChI=1S/C14H18N/c1-15(2,11-13-7-3-4-8-13)12-14-9-5-6-10-14/h3-10H,11-12H2,1-2H3/q+1. The van der Waals surface area contributed by atoms with E-state index in [4.69, 9.17) is 0 Å². The zero-order chi connectivity index (χ0) is 10.7. The second kappa shape index (κ2) is 4.86. The van der Waals surface area contributed by atoms with E-state index in [1.165, 1.54) is 11.8 Å². The smallest absolute Gasteiger partial charge is 0.0853 e. The second-order valence-electron chi connectivity index (χ2n) is 4.84. The van der Waals surface area contributed by atoms with E-state index >= 15 is 0 Å². The second-order valence-corrected chi connectivity index (χ2v) is 4.84. The highest BCUT2D eigenvalue weighted by Gasteiger charge is 2.30. The SMILES string of the molecule is C[N+](C)(C[C]1[CH][CH][CH][CH]1)C[C]1[CH][CH][CH][CH]1. The molecule has 15 heavy (non-hydrogen) atoms. The molecule has 2 saturated carbocycles. The van der Waals surface area contributed by atoms with E-state index in [0.717, 1.165) is 17.6 Å². The van der Waals surface area contributed by atoms with Gasteiger partial charge in [-0.25, -0.2) is 0 Å². The lowest BCUT2D eigenvalue weighted by atomic mass is 10.0. The lowest BCUT2D eigenvalue weighted by Crippen LogP contribution is -2.45. The van der Waals surface area contributed by atoms with Crippen molar-refractivity contribution in [2.45, 2.75) is 0 Å². The molecule has 78 valence electrons. The van der Waals surface area contributed by atoms with Gasteiger partial charge >= 0.3 is 0 Å². The Hall–Kier alpha value is -0.0400. The van der Waals surface area contributed by atoms with Crippen LogP contribution in [0.1, 0.15) is 0 Å². The summed E-state index contributed by atoms with van der Waals surface area (Å²) >= 11 is 0. The van der Waals surface area contributed by atoms with E-state index in [0.29, 0.717) is 0 Å². The highest BCUT2D eigenvalue weighted by molar-refractivity contribution is 5.37. The monoisotopic (exact) mass is 200 g/mol. The molecule has 0 heterocycles. The van der Waals surface area contributed by atoms with Crippen LogP contribution >= 0.6 is 0 Å². The van der Waals surface area contributed by atoms with Crippen molar-refractivity contribution in [3.8, 4) is 0 Å². The summed E-state index contributed by atoms with van der Waals surface area (Å²) in [4.78, 5) is 0. The molecule has 2 fully saturated rings. The molecule has 0 N–H and O–H groups in total. The molecule has 2 aliphatic carbocycles. The first kappa shape index (κ1) is 11.4. The van der Waals surface area contributed by atoms with Crippen molar-refractivity contribution in [2.24, 2.45) is 0 Å². The first-order valence-electron chi connectivity index (χ1n) is 5.39. The zero-order valence-corrected chi connectivity index (χ0v) is 9.48. The van der Waals surface area contributed by atoms with E-state index in [2.05, 4.69) is 65.5 Å². The number of hydrogen-bond acceptors (Lipinski definition) is 0. The van der Waals surface area contributed by atoms with Crippen molar-refractivity contribution in [3.05, 3.63) is 63.2 Å². The topological polar surface area (TPSA) is 0 Å². The summed E-state index contributed by atoms with van der Waals surface area (Å²) in [5.74, 6) is 2.85. The molecule has 0 aromatic rings. The maximum atomic E-state index is 2.28. The van der Waals surface area contributed by atoms with Gasteiger partial charge in [0.15, 0.2) is 0 Å². The Morgan fingerprint density at radius 3 is 1.40 bits per heavy atom. The minimum Gasteiger partial charge on any atom is -0.327 e. The molecule has 1 heteroatoms. The summed E-state index contributed by atoms with van der Waals surface area (Å²) in [6, 6.07) is 0. The van der Waals surface area contributed by atoms with Gasteiger partial charge in [0.25, 0.3) is 0 Å². The van der Waals surface area contributed by atoms with Crippen LogP contribution in [0.4, 0.5) is 0 Å². The third-order valence-electron chi connectivity index (χ3n) is 2.68. The molecule has 0 aliphatic heterocycles. The normalized spacial score (nSPS) is 25.2. The summed E-state index contributed by atoms with van der Waals surface area (Å²) in [6.07, 6.45) is 17.2. The van der Waals surface area contributed by atoms with Crippen molar-refractivity contribution in [3.63, 3.8) is 0 Å². The largest absolute Gasteiger partial charge is 0.327 e. The predicted octanol–water partition coefficient (Wildman–Crippen LogP) is 1.87. The van der Waals surface area contributed by atoms with Gasteiger partial charge in [-0.15, -0.1) is 0 Å². The molecule has 1 nitrogen and oxygen atoms in total. The maximum absolute atomic E-state index is 2.28. The van der Waals surface area contributed by atoms with Crippen LogP contribution < -0.4 is 0 Å². The third-order valence-corrected chi connectivity index (χ3v) is 2.68. The van der Waals surface area contributed by atoms with Crippen LogP contribution in [0.3, 0.4) is 0 Å². The molecular formula is C14H18N+. The molecule has 2 aliphatic rings. The van der Waals surface area contributed by atoms with Crippen LogP contribution in [-0.2, 0) is 0 Å². The molecule has 0 saturated heterocycles. The molecular weight excluding hydrogens is 182 g/mol. The van der Waals surface area contributed by atoms with Crippen molar-refractivity contribution in [1.29, 1.82) is 0 Å². The van der Waals surface area contributed by atoms with Gasteiger partial charge in [-0.1, -0.05) is 0 Å². The fourth-order valence-corrected chi connectivity index (χ4v) is 2.08. The molecule has 0 unspecified atom stereocenters. The van der Waals surface area contributed by atoms with Gasteiger partial charge in [-0.3, -0.25) is 0 Å². The Morgan fingerprint density at radius 1 is 0.733 bits per heavy atom. The molecule has 0 bridgehead atoms. The average molecular weight is 200 g/mol. The summed E-state index contributed by atoms with van der Waals surface area (Å²) in [6.45, 7) is 2.19. The first-order valence-corrected chi connectivity index (χ1v) is 5.39. The Kier molecular flexibility index (Phi) is 3.71. The molecule has 2 rings (SSSR count). The highest BCUT2D eigenvalue weighted by Crippen LogP contribution is 2.29. The molecule has 10 radical (unpaired) electrons. The van der Waals surface area contributed by atoms with E-state index in [-0.39, 0.29) is 0 Å². The fraction of sp³-hybridized carbons (Fsp3) is 0.286. The van der Waals surface area contributed by atoms with Gasteiger partial charge in [0, 0.05) is 11.8 Å². The lowest BCUT2D eigenvalue weighted by molar-refractivity contribution is -0.884. The highest BCUT2D eigenvalue weighted by atomic mass is 15.3. The van der Waals surface area contributed by atoms with Crippen LogP contribution in [0.25, 0.3) is 0 Å². The summed E-state index contributed by atoms with van der Waals surface area (Å²) in [5.41, 5.74) is 0. The summed E-state index contributed by atoms with van der Waals surface area (Å²) in [7, 11) is 4.56. The van der Waals surface area contributed by atoms with Gasteiger partial charge < -0.3 is 4.48 Å². The number of rotatable bonds is 4. The van der Waals surface area contributed by atoms with Crippen molar-refractivity contribution >= 4 is 0 Å². The predicted molar refractivity (Wildman–Crippen MR) is 62.7 cm³/mol. The molecule has 0 spiro atoms. The minimum absolute atomic E-state index is 1.01. The minimum atomic E-state index is 1.01. The van der Waals surface area contributed by atoms with Crippen molar-refractivity contribution in [2.75, 3.05) is 27.2 Å². The van der Waals surface area contributed by atoms with Crippen LogP contribution in [0.5, 0.6) is 0 Å². The first-order chi connectivity index (χ1) is 7.16. The fourth-order valence-electron chi connectivity index (χ4n) is 2.08. The van der Waals surface area contributed by atoms with E-state index in [9.17, 15) is 0 Å². The quantitative estimate of drug-likeness (QED) is 0.608. The zero-order valence-electron chi connectivity index (χ0n) is 9.48. The van der Waals surface area contributed by atoms with Gasteiger partial charge in [0.1, 0.15) is 0 Å². The average Bonchev–Trinajstić information content (AvgIpc) is 2.75. The Morgan fingerprint density at radius 2 is 1.07 bits per heavy atom. The van der Waals surface area contributed by atoms with Crippen LogP contribution in [-0.4, -0.2) is 31.7 Å². The Balaban J connectivity index is 1.76. The van der Waals surface area contributed by atoms with Gasteiger partial charge in [-0.2, -0.15) is 0 Å². The van der Waals surface area contributed by atoms with E-state index in [1.807, 2.05) is 0 Å². The van der Waals surface area contributed by atoms with E-state index < -0.39 is 0 Å². The van der Waals surface area contributed by atoms with Gasteiger partial charge in [-0.05, 0) is 51.4 Å². The summed E-state index contributed by atoms with van der Waals surface area (Å²) < 4.78 is 1.01. The number of hydrogen-bond donors (Lipinski definition) is 0. The van der Waals surface area contributed by atoms with Gasteiger partial charge in [0.2, 0.25) is 0 Å². The third kappa shape index (κ3) is 3.48. The van der Waals surface area contributed by atoms with Crippen LogP contribution in [0.2, 0.25) is 0 Å². The van der Waals surface area contributed by atoms with E-state index in [1.54, 1.807) is 0 Å². The number of nitrogens with zero attached hydrogens (tertiary/aromatic N) is 1. The van der Waals surface area contributed by atoms with Crippen molar-refractivity contribution in [1.82, 2.24) is 0 Å². The molecule has 0 atom stereocenters. The molecule has 0 aromatic carbocycles. The Labute approximate surface area is 95.4 Å². The van der Waals surface area contributed by atoms with Crippen molar-refractivity contribution < 1.29 is 4.48 Å². The van der Waals surface area contributed by atoms with Gasteiger partial charge in [0.05, 0.1) is 27.2 Å². The summed E-state index contributed by atoms with van der Waals surface area (Å²) in [5, 5.41) is 0. The lowest BCUT2D eigenvalue weighted by Gasteiger charge is -2.34. The number of quaternary nitrogens is 1. The maximum Gasteiger partial charge on any atom is 0.0853 e.